The first-order valence-corrected chi connectivity index (χ1v) is 17.1. The van der Waals surface area contributed by atoms with Crippen molar-refractivity contribution in [1.82, 2.24) is 0 Å². The Labute approximate surface area is 235 Å². The Hall–Kier alpha value is -0.710. The van der Waals surface area contributed by atoms with Gasteiger partial charge in [-0.2, -0.15) is 0 Å². The van der Waals surface area contributed by atoms with Crippen LogP contribution < -0.4 is 0 Å². The molecule has 0 rings (SSSR count). The molecule has 37 heavy (non-hydrogen) atoms. The summed E-state index contributed by atoms with van der Waals surface area (Å²) in [6.45, 7) is 7.62. The van der Waals surface area contributed by atoms with Crippen LogP contribution >= 0.6 is 11.8 Å². The molecular weight excluding hydrogens is 480 g/mol. The van der Waals surface area contributed by atoms with Crippen molar-refractivity contribution in [3.05, 3.63) is 0 Å². The van der Waals surface area contributed by atoms with Gasteiger partial charge in [-0.1, -0.05) is 143 Å². The highest BCUT2D eigenvalue weighted by Crippen LogP contribution is 2.21. The van der Waals surface area contributed by atoms with E-state index in [0.29, 0.717) is 13.2 Å². The van der Waals surface area contributed by atoms with E-state index in [1.54, 1.807) is 11.8 Å². The number of unbranched alkanes of at least 4 members (excludes halogenated alkanes) is 19. The van der Waals surface area contributed by atoms with E-state index in [9.17, 15) is 9.59 Å². The molecule has 0 N–H and O–H groups in total. The molecule has 0 amide bonds. The Kier molecular flexibility index (Phi) is 29.3. The van der Waals surface area contributed by atoms with Gasteiger partial charge in [-0.15, -0.1) is 11.8 Å². The largest absolute Gasteiger partial charge is 0.466 e. The molecule has 220 valence electrons. The third-order valence-electron chi connectivity index (χ3n) is 6.94. The zero-order valence-electron chi connectivity index (χ0n) is 25.0. The summed E-state index contributed by atoms with van der Waals surface area (Å²) < 4.78 is 11.0. The Morgan fingerprint density at radius 2 is 0.892 bits per heavy atom. The average Bonchev–Trinajstić information content (AvgIpc) is 2.89. The van der Waals surface area contributed by atoms with Gasteiger partial charge in [-0.25, -0.2) is 0 Å². The zero-order valence-corrected chi connectivity index (χ0v) is 25.8. The van der Waals surface area contributed by atoms with E-state index in [4.69, 9.17) is 9.47 Å². The fourth-order valence-electron chi connectivity index (χ4n) is 4.45. The Balaban J connectivity index is 4.21. The van der Waals surface area contributed by atoms with Crippen LogP contribution in [-0.4, -0.2) is 36.2 Å². The first-order valence-electron chi connectivity index (χ1n) is 16.1. The second-order valence-electron chi connectivity index (χ2n) is 10.7. The molecule has 0 radical (unpaired) electrons. The maximum Gasteiger partial charge on any atom is 0.319 e. The Morgan fingerprint density at radius 1 is 0.514 bits per heavy atom. The van der Waals surface area contributed by atoms with Gasteiger partial charge in [-0.3, -0.25) is 9.59 Å². The van der Waals surface area contributed by atoms with Crippen molar-refractivity contribution in [3.8, 4) is 0 Å². The molecule has 0 heterocycles. The topological polar surface area (TPSA) is 52.6 Å². The van der Waals surface area contributed by atoms with Gasteiger partial charge in [0.05, 0.1) is 19.6 Å². The van der Waals surface area contributed by atoms with E-state index in [-0.39, 0.29) is 18.4 Å². The van der Waals surface area contributed by atoms with Crippen LogP contribution in [0, 0.1) is 0 Å². The lowest BCUT2D eigenvalue weighted by Crippen LogP contribution is -2.25. The minimum Gasteiger partial charge on any atom is -0.466 e. The van der Waals surface area contributed by atoms with Crippen molar-refractivity contribution in [3.63, 3.8) is 0 Å². The highest BCUT2D eigenvalue weighted by molar-refractivity contribution is 8.00. The standard InChI is InChI=1S/C32H62O4S/c1-4-7-10-13-16-17-18-19-22-25-28-37-30(32(34)36-27-24-21-15-12-9-6-3)29-31(33)35-26-23-20-14-11-8-5-2/h30H,4-29H2,1-3H3. The van der Waals surface area contributed by atoms with E-state index in [1.807, 2.05) is 0 Å². The van der Waals surface area contributed by atoms with Crippen molar-refractivity contribution >= 4 is 23.7 Å². The van der Waals surface area contributed by atoms with Crippen molar-refractivity contribution in [2.75, 3.05) is 19.0 Å². The monoisotopic (exact) mass is 542 g/mol. The van der Waals surface area contributed by atoms with Gasteiger partial charge in [-0.05, 0) is 25.0 Å². The molecule has 0 spiro atoms. The molecule has 4 nitrogen and oxygen atoms in total. The van der Waals surface area contributed by atoms with Gasteiger partial charge in [0.1, 0.15) is 5.25 Å². The number of esters is 2. The smallest absolute Gasteiger partial charge is 0.319 e. The van der Waals surface area contributed by atoms with Crippen LogP contribution in [0.1, 0.15) is 168 Å². The minimum atomic E-state index is -0.435. The van der Waals surface area contributed by atoms with E-state index >= 15 is 0 Å². The highest BCUT2D eigenvalue weighted by Gasteiger charge is 2.24. The summed E-state index contributed by atoms with van der Waals surface area (Å²) in [6.07, 6.45) is 27.1. The van der Waals surface area contributed by atoms with Crippen molar-refractivity contribution in [2.45, 2.75) is 174 Å². The lowest BCUT2D eigenvalue weighted by Gasteiger charge is -2.15. The molecule has 0 aliphatic heterocycles. The second-order valence-corrected chi connectivity index (χ2v) is 12.0. The molecule has 5 heteroatoms. The molecule has 0 aliphatic carbocycles. The van der Waals surface area contributed by atoms with Crippen molar-refractivity contribution in [2.24, 2.45) is 0 Å². The lowest BCUT2D eigenvalue weighted by atomic mass is 10.1. The second kappa shape index (κ2) is 29.8. The number of hydrogen-bond donors (Lipinski definition) is 0. The van der Waals surface area contributed by atoms with E-state index < -0.39 is 5.25 Å². The summed E-state index contributed by atoms with van der Waals surface area (Å²) in [5.41, 5.74) is 0. The first kappa shape index (κ1) is 36.3. The lowest BCUT2D eigenvalue weighted by molar-refractivity contribution is -0.149. The minimum absolute atomic E-state index is 0.133. The molecule has 0 saturated carbocycles. The quantitative estimate of drug-likeness (QED) is 0.0695. The van der Waals surface area contributed by atoms with Crippen LogP contribution in [0.2, 0.25) is 0 Å². The van der Waals surface area contributed by atoms with E-state index in [2.05, 4.69) is 20.8 Å². The maximum absolute atomic E-state index is 12.8. The van der Waals surface area contributed by atoms with Gasteiger partial charge in [0.15, 0.2) is 0 Å². The summed E-state index contributed by atoms with van der Waals surface area (Å²) in [5, 5.41) is -0.435. The van der Waals surface area contributed by atoms with Crippen molar-refractivity contribution < 1.29 is 19.1 Å². The summed E-state index contributed by atoms with van der Waals surface area (Å²) >= 11 is 1.59. The normalized spacial score (nSPS) is 12.0. The first-order chi connectivity index (χ1) is 18.2. The predicted molar refractivity (Wildman–Crippen MR) is 161 cm³/mol. The predicted octanol–water partition coefficient (Wildman–Crippen LogP) is 10.2. The fourth-order valence-corrected chi connectivity index (χ4v) is 5.57. The number of thioether (sulfide) groups is 1. The van der Waals surface area contributed by atoms with Crippen LogP contribution in [0.4, 0.5) is 0 Å². The third kappa shape index (κ3) is 26.7. The number of carbonyl (C=O) groups excluding carboxylic acids is 2. The summed E-state index contributed by atoms with van der Waals surface area (Å²) in [6, 6.07) is 0. The van der Waals surface area contributed by atoms with Gasteiger partial charge in [0.25, 0.3) is 0 Å². The molecule has 1 unspecified atom stereocenters. The highest BCUT2D eigenvalue weighted by atomic mass is 32.2. The van der Waals surface area contributed by atoms with E-state index in [0.717, 1.165) is 37.9 Å². The van der Waals surface area contributed by atoms with Gasteiger partial charge >= 0.3 is 11.9 Å². The third-order valence-corrected chi connectivity index (χ3v) is 8.22. The van der Waals surface area contributed by atoms with Gasteiger partial charge < -0.3 is 9.47 Å². The summed E-state index contributed by atoms with van der Waals surface area (Å²) in [5.74, 6) is 0.408. The maximum atomic E-state index is 12.8. The summed E-state index contributed by atoms with van der Waals surface area (Å²) in [4.78, 5) is 25.2. The zero-order chi connectivity index (χ0) is 27.2. The van der Waals surface area contributed by atoms with Crippen LogP contribution in [0.3, 0.4) is 0 Å². The fraction of sp³-hybridized carbons (Fsp3) is 0.938. The van der Waals surface area contributed by atoms with Crippen molar-refractivity contribution in [1.29, 1.82) is 0 Å². The van der Waals surface area contributed by atoms with Crippen LogP contribution in [0.5, 0.6) is 0 Å². The van der Waals surface area contributed by atoms with Gasteiger partial charge in [0.2, 0.25) is 0 Å². The molecule has 1 atom stereocenters. The number of ether oxygens (including phenoxy) is 2. The Morgan fingerprint density at radius 3 is 1.35 bits per heavy atom. The molecule has 0 bridgehead atoms. The molecule has 0 saturated heterocycles. The van der Waals surface area contributed by atoms with Crippen LogP contribution in [-0.2, 0) is 19.1 Å². The molecular formula is C32H62O4S. The molecule has 0 aliphatic rings. The number of hydrogen-bond acceptors (Lipinski definition) is 5. The van der Waals surface area contributed by atoms with Gasteiger partial charge in [0, 0.05) is 0 Å². The SMILES string of the molecule is CCCCCCCCCCCCSC(CC(=O)OCCCCCCCC)C(=O)OCCCCCCCC. The Bertz CT molecular complexity index is 497. The molecule has 0 aromatic carbocycles. The van der Waals surface area contributed by atoms with Crippen LogP contribution in [0.25, 0.3) is 0 Å². The molecule has 0 aromatic rings. The molecule has 0 fully saturated rings. The van der Waals surface area contributed by atoms with Crippen LogP contribution in [0.15, 0.2) is 0 Å². The van der Waals surface area contributed by atoms with E-state index in [1.165, 1.54) is 109 Å². The number of rotatable bonds is 29. The summed E-state index contributed by atoms with van der Waals surface area (Å²) in [7, 11) is 0. The number of carbonyl (C=O) groups is 2. The molecule has 0 aromatic heterocycles. The average molecular weight is 543 g/mol.